The number of benzene rings is 2. The van der Waals surface area contributed by atoms with Crippen LogP contribution in [0.4, 0.5) is 5.69 Å². The largest absolute Gasteiger partial charge is 0.364 e. The topological polar surface area (TPSA) is 3.24 Å². The molecule has 0 aliphatic carbocycles. The predicted molar refractivity (Wildman–Crippen MR) is 87.0 cm³/mol. The van der Waals surface area contributed by atoms with Gasteiger partial charge in [0, 0.05) is 23.1 Å². The molecular weight excluding hydrogens is 289 g/mol. The minimum atomic E-state index is 0.327. The zero-order chi connectivity index (χ0) is 13.9. The van der Waals surface area contributed by atoms with Gasteiger partial charge < -0.3 is 4.90 Å². The van der Waals surface area contributed by atoms with Gasteiger partial charge in [-0.25, -0.2) is 0 Å². The molecule has 0 radical (unpaired) electrons. The maximum atomic E-state index is 6.31. The number of halogens is 2. The molecule has 0 bridgehead atoms. The van der Waals surface area contributed by atoms with E-state index < -0.39 is 0 Å². The van der Waals surface area contributed by atoms with Crippen molar-refractivity contribution in [2.24, 2.45) is 0 Å². The number of hydrogen-bond donors (Lipinski definition) is 0. The van der Waals surface area contributed by atoms with Crippen LogP contribution < -0.4 is 4.90 Å². The van der Waals surface area contributed by atoms with Gasteiger partial charge in [-0.15, -0.1) is 11.6 Å². The summed E-state index contributed by atoms with van der Waals surface area (Å²) in [5, 5.41) is 0.877. The SMILES string of the molecule is ClCC[C@@H](c1ccccc1)N1CCc2c(Cl)cccc21. The van der Waals surface area contributed by atoms with Gasteiger partial charge >= 0.3 is 0 Å². The Morgan fingerprint density at radius 1 is 1.05 bits per heavy atom. The van der Waals surface area contributed by atoms with E-state index in [1.54, 1.807) is 0 Å². The first-order chi connectivity index (χ1) is 9.81. The van der Waals surface area contributed by atoms with Crippen molar-refractivity contribution in [2.45, 2.75) is 18.9 Å². The Morgan fingerprint density at radius 3 is 2.60 bits per heavy atom. The molecule has 3 heteroatoms. The summed E-state index contributed by atoms with van der Waals surface area (Å²) in [6.45, 7) is 1.01. The third kappa shape index (κ3) is 2.53. The van der Waals surface area contributed by atoms with E-state index in [9.17, 15) is 0 Å². The van der Waals surface area contributed by atoms with Crippen LogP contribution in [-0.2, 0) is 6.42 Å². The first-order valence-electron chi connectivity index (χ1n) is 6.96. The molecule has 1 aliphatic rings. The van der Waals surface area contributed by atoms with E-state index >= 15 is 0 Å². The van der Waals surface area contributed by atoms with Crippen LogP contribution in [0.15, 0.2) is 48.5 Å². The average Bonchev–Trinajstić information content (AvgIpc) is 2.91. The van der Waals surface area contributed by atoms with Crippen LogP contribution in [0.2, 0.25) is 5.02 Å². The van der Waals surface area contributed by atoms with Crippen LogP contribution in [0, 0.1) is 0 Å². The first-order valence-corrected chi connectivity index (χ1v) is 7.87. The van der Waals surface area contributed by atoms with Crippen LogP contribution in [0.3, 0.4) is 0 Å². The second kappa shape index (κ2) is 6.07. The maximum Gasteiger partial charge on any atom is 0.0554 e. The Morgan fingerprint density at radius 2 is 1.85 bits per heavy atom. The summed E-state index contributed by atoms with van der Waals surface area (Å²) in [5.41, 5.74) is 3.85. The van der Waals surface area contributed by atoms with Crippen molar-refractivity contribution in [1.82, 2.24) is 0 Å². The summed E-state index contributed by atoms with van der Waals surface area (Å²) in [4.78, 5) is 2.44. The van der Waals surface area contributed by atoms with Gasteiger partial charge in [-0.2, -0.15) is 0 Å². The lowest BCUT2D eigenvalue weighted by Crippen LogP contribution is -2.27. The van der Waals surface area contributed by atoms with Gasteiger partial charge in [0.1, 0.15) is 0 Å². The molecule has 104 valence electrons. The van der Waals surface area contributed by atoms with Crippen LogP contribution in [0.5, 0.6) is 0 Å². The van der Waals surface area contributed by atoms with Crippen LogP contribution in [0.1, 0.15) is 23.6 Å². The Labute approximate surface area is 130 Å². The van der Waals surface area contributed by atoms with Crippen LogP contribution in [0.25, 0.3) is 0 Å². The molecule has 1 nitrogen and oxygen atoms in total. The monoisotopic (exact) mass is 305 g/mol. The van der Waals surface area contributed by atoms with Gasteiger partial charge in [0.2, 0.25) is 0 Å². The number of hydrogen-bond acceptors (Lipinski definition) is 1. The highest BCUT2D eigenvalue weighted by Crippen LogP contribution is 2.39. The molecule has 2 aromatic rings. The van der Waals surface area contributed by atoms with Gasteiger partial charge in [0.15, 0.2) is 0 Å². The van der Waals surface area contributed by atoms with E-state index in [1.807, 2.05) is 12.1 Å². The van der Waals surface area contributed by atoms with Crippen molar-refractivity contribution in [1.29, 1.82) is 0 Å². The summed E-state index contributed by atoms with van der Waals surface area (Å²) < 4.78 is 0. The molecule has 0 aromatic heterocycles. The molecule has 2 aromatic carbocycles. The third-order valence-corrected chi connectivity index (χ3v) is 4.52. The number of nitrogens with zero attached hydrogens (tertiary/aromatic N) is 1. The van der Waals surface area contributed by atoms with Gasteiger partial charge in [-0.05, 0) is 36.1 Å². The van der Waals surface area contributed by atoms with Crippen LogP contribution >= 0.6 is 23.2 Å². The minimum Gasteiger partial charge on any atom is -0.364 e. The standard InChI is InChI=1S/C17H17Cl2N/c18-11-9-16(13-5-2-1-3-6-13)20-12-10-14-15(19)7-4-8-17(14)20/h1-8,16H,9-12H2/t16-/m0/s1. The van der Waals surface area contributed by atoms with E-state index in [-0.39, 0.29) is 0 Å². The molecule has 0 saturated carbocycles. The van der Waals surface area contributed by atoms with E-state index in [0.717, 1.165) is 24.4 Å². The number of rotatable bonds is 4. The Kier molecular flexibility index (Phi) is 4.18. The molecule has 20 heavy (non-hydrogen) atoms. The van der Waals surface area contributed by atoms with E-state index in [0.29, 0.717) is 11.9 Å². The van der Waals surface area contributed by atoms with Gasteiger partial charge in [-0.1, -0.05) is 48.0 Å². The zero-order valence-electron chi connectivity index (χ0n) is 11.2. The first kappa shape index (κ1) is 13.8. The average molecular weight is 306 g/mol. The summed E-state index contributed by atoms with van der Waals surface area (Å²) in [5.74, 6) is 0.659. The quantitative estimate of drug-likeness (QED) is 0.713. The molecule has 3 rings (SSSR count). The molecule has 0 saturated heterocycles. The number of fused-ring (bicyclic) bond motifs is 1. The van der Waals surface area contributed by atoms with Crippen molar-refractivity contribution < 1.29 is 0 Å². The zero-order valence-corrected chi connectivity index (χ0v) is 12.7. The van der Waals surface area contributed by atoms with Crippen molar-refractivity contribution in [3.05, 3.63) is 64.7 Å². The van der Waals surface area contributed by atoms with Crippen molar-refractivity contribution in [3.8, 4) is 0 Å². The third-order valence-electron chi connectivity index (χ3n) is 3.95. The van der Waals surface area contributed by atoms with Gasteiger partial charge in [0.25, 0.3) is 0 Å². The highest BCUT2D eigenvalue weighted by Gasteiger charge is 2.27. The van der Waals surface area contributed by atoms with E-state index in [1.165, 1.54) is 16.8 Å². The lowest BCUT2D eigenvalue weighted by atomic mass is 10.0. The smallest absolute Gasteiger partial charge is 0.0554 e. The fourth-order valence-electron chi connectivity index (χ4n) is 3.02. The summed E-state index contributed by atoms with van der Waals surface area (Å²) in [6, 6.07) is 17.1. The van der Waals surface area contributed by atoms with E-state index in [2.05, 4.69) is 41.3 Å². The second-order valence-electron chi connectivity index (χ2n) is 5.09. The molecule has 1 heterocycles. The fourth-order valence-corrected chi connectivity index (χ4v) is 3.49. The normalized spacial score (nSPS) is 15.2. The minimum absolute atomic E-state index is 0.327. The Hall–Kier alpha value is -1.18. The summed E-state index contributed by atoms with van der Waals surface area (Å²) in [6.07, 6.45) is 1.96. The molecule has 1 aliphatic heterocycles. The lowest BCUT2D eigenvalue weighted by molar-refractivity contribution is 0.623. The summed E-state index contributed by atoms with van der Waals surface area (Å²) in [7, 11) is 0. The molecule has 0 unspecified atom stereocenters. The fraction of sp³-hybridized carbons (Fsp3) is 0.294. The Balaban J connectivity index is 1.97. The van der Waals surface area contributed by atoms with Crippen LogP contribution in [-0.4, -0.2) is 12.4 Å². The van der Waals surface area contributed by atoms with Crippen molar-refractivity contribution >= 4 is 28.9 Å². The van der Waals surface area contributed by atoms with Gasteiger partial charge in [-0.3, -0.25) is 0 Å². The summed E-state index contributed by atoms with van der Waals surface area (Å²) >= 11 is 12.3. The predicted octanol–water partition coefficient (Wildman–Crippen LogP) is 5.07. The molecule has 0 fully saturated rings. The molecular formula is C17H17Cl2N. The van der Waals surface area contributed by atoms with E-state index in [4.69, 9.17) is 23.2 Å². The molecule has 0 spiro atoms. The molecule has 0 N–H and O–H groups in total. The second-order valence-corrected chi connectivity index (χ2v) is 5.87. The maximum absolute atomic E-state index is 6.31. The van der Waals surface area contributed by atoms with Gasteiger partial charge in [0.05, 0.1) is 6.04 Å². The number of anilines is 1. The lowest BCUT2D eigenvalue weighted by Gasteiger charge is -2.30. The number of alkyl halides is 1. The highest BCUT2D eigenvalue weighted by molar-refractivity contribution is 6.31. The van der Waals surface area contributed by atoms with Crippen molar-refractivity contribution in [3.63, 3.8) is 0 Å². The molecule has 0 amide bonds. The Bertz CT molecular complexity index is 583. The molecule has 1 atom stereocenters. The highest BCUT2D eigenvalue weighted by atomic mass is 35.5. The van der Waals surface area contributed by atoms with Crippen molar-refractivity contribution in [2.75, 3.05) is 17.3 Å².